The number of rotatable bonds is 0. The van der Waals surface area contributed by atoms with Gasteiger partial charge in [0.1, 0.15) is 0 Å². The molecule has 0 bridgehead atoms. The summed E-state index contributed by atoms with van der Waals surface area (Å²) in [5, 5.41) is 14.8. The molecule has 82 valence electrons. The molecule has 0 unspecified atom stereocenters. The van der Waals surface area contributed by atoms with Crippen molar-refractivity contribution in [1.29, 1.82) is 0 Å². The van der Waals surface area contributed by atoms with Crippen molar-refractivity contribution in [3.8, 4) is 0 Å². The molecule has 0 aromatic carbocycles. The van der Waals surface area contributed by atoms with E-state index in [-0.39, 0.29) is 116 Å². The van der Waals surface area contributed by atoms with Crippen molar-refractivity contribution in [2.45, 2.75) is 0 Å². The van der Waals surface area contributed by atoms with Crippen molar-refractivity contribution in [3.63, 3.8) is 0 Å². The largest absolute Gasteiger partial charge is 0.473 e. The summed E-state index contributed by atoms with van der Waals surface area (Å²) in [5.41, 5.74) is 0. The zero-order valence-corrected chi connectivity index (χ0v) is 16.1. The Morgan fingerprint density at radius 2 is 1.00 bits per heavy atom. The van der Waals surface area contributed by atoms with Crippen molar-refractivity contribution in [2.24, 2.45) is 0 Å². The van der Waals surface area contributed by atoms with Gasteiger partial charge in [-0.2, -0.15) is 0 Å². The van der Waals surface area contributed by atoms with Gasteiger partial charge in [-0.1, -0.05) is 0 Å². The quantitative estimate of drug-likeness (QED) is 0.157. The summed E-state index contributed by atoms with van der Waals surface area (Å²) in [7, 11) is -4.64. The minimum atomic E-state index is -4.64. The van der Waals surface area contributed by atoms with Crippen LogP contribution in [0.5, 0.6) is 0 Å². The number of aliphatic carboxylic acids is 2. The molecule has 0 amide bonds. The van der Waals surface area contributed by atoms with Crippen LogP contribution < -0.4 is 0 Å². The Balaban J connectivity index is -0.0000000321. The molecule has 2 radical (unpaired) electrons. The smallest absolute Gasteiger partial charge is 0.466 e. The second-order valence-corrected chi connectivity index (χ2v) is 2.15. The van der Waals surface area contributed by atoms with Gasteiger partial charge >= 0.3 is 19.8 Å². The van der Waals surface area contributed by atoms with E-state index in [9.17, 15) is 0 Å². The summed E-state index contributed by atoms with van der Waals surface area (Å²) in [4.78, 5) is 39.8. The first-order valence-corrected chi connectivity index (χ1v) is 3.45. The molecule has 0 aromatic rings. The third kappa shape index (κ3) is 60.4. The van der Waals surface area contributed by atoms with Crippen molar-refractivity contribution < 1.29 is 155 Å². The molecule has 5 N–H and O–H groups in total. The molecule has 0 aliphatic heterocycles. The van der Waals surface area contributed by atoms with Gasteiger partial charge < -0.3 is 24.9 Å². The molecule has 0 heterocycles. The van der Waals surface area contributed by atoms with Gasteiger partial charge in [0.2, 0.25) is 0 Å². The van der Waals surface area contributed by atoms with Gasteiger partial charge in [-0.3, -0.25) is 0 Å². The Kier molecular flexibility index (Phi) is 34.3. The van der Waals surface area contributed by atoms with E-state index < -0.39 is 19.8 Å². The first kappa shape index (κ1) is 30.2. The minimum absolute atomic E-state index is 0. The molecule has 0 fully saturated rings. The van der Waals surface area contributed by atoms with E-state index in [1.54, 1.807) is 0 Å². The van der Waals surface area contributed by atoms with Crippen LogP contribution in [0.1, 0.15) is 0 Å². The average molecular weight is 626 g/mol. The molecule has 0 aromatic heterocycles. The van der Waals surface area contributed by atoms with Crippen LogP contribution in [0.25, 0.3) is 0 Å². The predicted molar refractivity (Wildman–Crippen MR) is 29.5 cm³/mol. The zero-order valence-electron chi connectivity index (χ0n) is 6.32. The van der Waals surface area contributed by atoms with Crippen molar-refractivity contribution in [3.05, 3.63) is 0 Å². The fourth-order valence-electron chi connectivity index (χ4n) is 0. The number of hydrogen-bond donors (Lipinski definition) is 5. The normalized spacial score (nSPS) is 7.36. The molecule has 0 saturated heterocycles. The van der Waals surface area contributed by atoms with Gasteiger partial charge in [-0.05, 0) is 0 Å². The maximum Gasteiger partial charge on any atom is 0.466 e. The summed E-state index contributed by atoms with van der Waals surface area (Å²) >= 11 is 0. The van der Waals surface area contributed by atoms with E-state index >= 15 is 0 Å². The molecule has 0 atom stereocenters. The zero-order chi connectivity index (χ0) is 9.65. The predicted octanol–water partition coefficient (Wildman–Crippen LogP) is -1.77. The number of carbonyl (C=O) groups is 2. The van der Waals surface area contributed by atoms with Crippen LogP contribution in [0.4, 0.5) is 0 Å². The van der Waals surface area contributed by atoms with E-state index in [4.69, 9.17) is 39.0 Å². The van der Waals surface area contributed by atoms with Crippen LogP contribution >= 0.6 is 7.82 Å². The SMILES string of the molecule is O=C(O)C(=O)O.O=P(O)(O)O.[Ce].[La].[Tb]. The maximum atomic E-state index is 9.10. The Morgan fingerprint density at radius 3 is 1.00 bits per heavy atom. The topological polar surface area (TPSA) is 152 Å². The van der Waals surface area contributed by atoms with Crippen molar-refractivity contribution >= 4 is 19.8 Å². The van der Waals surface area contributed by atoms with Gasteiger partial charge in [0.25, 0.3) is 0 Å². The molecular formula is C2H5CeLaO8PTb. The second-order valence-electron chi connectivity index (χ2n) is 1.12. The average Bonchev–Trinajstić information content (AvgIpc) is 1.59. The minimum Gasteiger partial charge on any atom is -0.473 e. The fraction of sp³-hybridized carbons (Fsp3) is 0. The molecule has 12 heteroatoms. The molecule has 0 spiro atoms. The molecule has 8 nitrogen and oxygen atoms in total. The summed E-state index contributed by atoms with van der Waals surface area (Å²) in [6, 6.07) is 0. The molecular weight excluding hydrogens is 621 g/mol. The van der Waals surface area contributed by atoms with Crippen LogP contribution in [0.2, 0.25) is 0 Å². The van der Waals surface area contributed by atoms with Crippen LogP contribution in [0.15, 0.2) is 0 Å². The summed E-state index contributed by atoms with van der Waals surface area (Å²) in [6.07, 6.45) is 0. The third-order valence-corrected chi connectivity index (χ3v) is 0.183. The number of carboxylic acids is 2. The van der Waals surface area contributed by atoms with E-state index in [2.05, 4.69) is 0 Å². The van der Waals surface area contributed by atoms with E-state index in [1.165, 1.54) is 0 Å². The van der Waals surface area contributed by atoms with Gasteiger partial charge in [0.05, 0.1) is 0 Å². The van der Waals surface area contributed by atoms with Gasteiger partial charge in [-0.25, -0.2) is 14.2 Å². The summed E-state index contributed by atoms with van der Waals surface area (Å²) in [6.45, 7) is 0. The van der Waals surface area contributed by atoms with E-state index in [1.807, 2.05) is 0 Å². The third-order valence-electron chi connectivity index (χ3n) is 0.183. The van der Waals surface area contributed by atoms with Gasteiger partial charge in [0, 0.05) is 116 Å². The molecule has 0 rings (SSSR count). The Morgan fingerprint density at radius 1 is 0.929 bits per heavy atom. The maximum absolute atomic E-state index is 9.10. The Bertz CT molecular complexity index is 183. The van der Waals surface area contributed by atoms with Crippen LogP contribution in [-0.2, 0) is 14.2 Å². The Hall–Kier alpha value is 2.91. The van der Waals surface area contributed by atoms with E-state index in [0.717, 1.165) is 0 Å². The van der Waals surface area contributed by atoms with Crippen LogP contribution in [0, 0.1) is 116 Å². The summed E-state index contributed by atoms with van der Waals surface area (Å²) in [5.74, 6) is -3.65. The monoisotopic (exact) mass is 626 g/mol. The molecule has 0 saturated carbocycles. The summed E-state index contributed by atoms with van der Waals surface area (Å²) < 4.78 is 8.88. The van der Waals surface area contributed by atoms with Gasteiger partial charge in [-0.15, -0.1) is 0 Å². The van der Waals surface area contributed by atoms with Crippen molar-refractivity contribution in [2.75, 3.05) is 0 Å². The molecule has 14 heavy (non-hydrogen) atoms. The van der Waals surface area contributed by atoms with E-state index in [0.29, 0.717) is 0 Å². The van der Waals surface area contributed by atoms with Crippen molar-refractivity contribution in [1.82, 2.24) is 0 Å². The fourth-order valence-corrected chi connectivity index (χ4v) is 0. The molecule has 0 aliphatic carbocycles. The van der Waals surface area contributed by atoms with Crippen LogP contribution in [-0.4, -0.2) is 36.8 Å². The molecule has 0 aliphatic rings. The van der Waals surface area contributed by atoms with Crippen LogP contribution in [0.3, 0.4) is 0 Å². The first-order valence-electron chi connectivity index (χ1n) is 1.89. The number of carboxylic acid groups (broad SMARTS) is 2. The Labute approximate surface area is 171 Å². The van der Waals surface area contributed by atoms with Gasteiger partial charge in [0.15, 0.2) is 0 Å². The first-order chi connectivity index (χ1) is 4.64. The standard InChI is InChI=1S/C2H2O4.Ce.La.H3O4P.Tb/c3-1(4)2(5)6;;;1-5(2,3)4;/h(H,3,4)(H,5,6);;;(H3,1,2,3,4);. The number of phosphoric acid groups is 1. The second kappa shape index (κ2) is 15.9. The number of hydrogen-bond acceptors (Lipinski definition) is 3.